The minimum absolute atomic E-state index is 0.361. The van der Waals surface area contributed by atoms with Crippen LogP contribution in [0.3, 0.4) is 0 Å². The molecule has 0 bridgehead atoms. The van der Waals surface area contributed by atoms with Gasteiger partial charge in [-0.05, 0) is 6.04 Å². The molecule has 0 fully saturated rings. The lowest BCUT2D eigenvalue weighted by Gasteiger charge is -2.03. The third-order valence-electron chi connectivity index (χ3n) is 0.459. The van der Waals surface area contributed by atoms with Crippen LogP contribution in [0.1, 0.15) is 13.8 Å². The fraction of sp³-hybridized carbons (Fsp3) is 1.00. The van der Waals surface area contributed by atoms with Crippen molar-refractivity contribution in [3.8, 4) is 0 Å². The summed E-state index contributed by atoms with van der Waals surface area (Å²) in [5.74, 6) is 0. The zero-order valence-corrected chi connectivity index (χ0v) is 5.92. The van der Waals surface area contributed by atoms with E-state index in [1.807, 2.05) is 13.8 Å². The van der Waals surface area contributed by atoms with Gasteiger partial charge in [-0.1, -0.05) is 13.8 Å². The van der Waals surface area contributed by atoms with Gasteiger partial charge in [0.1, 0.15) is 0 Å². The average molecular weight is 140 g/mol. The highest BCUT2D eigenvalue weighted by Gasteiger charge is 2.04. The number of hydrogen-bond donors (Lipinski definition) is 1. The van der Waals surface area contributed by atoms with Gasteiger partial charge in [-0.2, -0.15) is 0 Å². The van der Waals surface area contributed by atoms with Crippen molar-refractivity contribution in [2.75, 3.05) is 0 Å². The first-order valence-corrected chi connectivity index (χ1v) is 3.04. The molecule has 42 valence electrons. The van der Waals surface area contributed by atoms with Crippen LogP contribution in [-0.2, 0) is 0 Å². The van der Waals surface area contributed by atoms with Gasteiger partial charge in [0.25, 0.3) is 0 Å². The van der Waals surface area contributed by atoms with Crippen molar-refractivity contribution in [1.29, 1.82) is 0 Å². The van der Waals surface area contributed by atoms with Crippen LogP contribution in [-0.4, -0.2) is 11.7 Å². The monoisotopic (exact) mass is 139 g/mol. The van der Waals surface area contributed by atoms with Gasteiger partial charge in [-0.25, -0.2) is 0 Å². The molecule has 0 radical (unpaired) electrons. The Balaban J connectivity index is 2.95. The standard InChI is InChI=1S/C3H8BCl2N/c1-3(2)7-4(5)6/h3,7H,1-2H3. The van der Waals surface area contributed by atoms with Crippen molar-refractivity contribution in [1.82, 2.24) is 5.23 Å². The molecule has 0 aliphatic carbocycles. The molecule has 4 heteroatoms. The molecule has 0 aliphatic rings. The van der Waals surface area contributed by atoms with Gasteiger partial charge >= 0.3 is 5.68 Å². The van der Waals surface area contributed by atoms with Crippen molar-refractivity contribution in [3.05, 3.63) is 0 Å². The lowest BCUT2D eigenvalue weighted by molar-refractivity contribution is 0.756. The third-order valence-corrected chi connectivity index (χ3v) is 0.711. The first kappa shape index (κ1) is 7.60. The Hall–Kier alpha value is 0.605. The number of nitrogens with one attached hydrogen (secondary N) is 1. The van der Waals surface area contributed by atoms with Crippen molar-refractivity contribution in [2.24, 2.45) is 0 Å². The zero-order valence-electron chi connectivity index (χ0n) is 4.41. The molecule has 0 spiro atoms. The van der Waals surface area contributed by atoms with Gasteiger partial charge in [-0.3, -0.25) is 0 Å². The summed E-state index contributed by atoms with van der Waals surface area (Å²) in [6.45, 7) is 3.97. The molecular weight excluding hydrogens is 132 g/mol. The van der Waals surface area contributed by atoms with Crippen LogP contribution in [0.2, 0.25) is 0 Å². The van der Waals surface area contributed by atoms with Gasteiger partial charge in [0.2, 0.25) is 0 Å². The minimum atomic E-state index is -0.431. The lowest BCUT2D eigenvalue weighted by Crippen LogP contribution is -2.30. The molecule has 0 rings (SSSR count). The van der Waals surface area contributed by atoms with Crippen LogP contribution >= 0.6 is 22.9 Å². The fourth-order valence-corrected chi connectivity index (χ4v) is 0.756. The van der Waals surface area contributed by atoms with E-state index < -0.39 is 5.68 Å². The first-order chi connectivity index (χ1) is 3.13. The van der Waals surface area contributed by atoms with Crippen molar-refractivity contribution >= 4 is 28.6 Å². The Labute approximate surface area is 54.3 Å². The molecule has 0 aromatic rings. The maximum atomic E-state index is 5.33. The summed E-state index contributed by atoms with van der Waals surface area (Å²) in [6, 6.07) is 0.361. The molecule has 0 atom stereocenters. The molecule has 0 aromatic carbocycles. The van der Waals surface area contributed by atoms with E-state index in [0.29, 0.717) is 6.04 Å². The van der Waals surface area contributed by atoms with E-state index >= 15 is 0 Å². The van der Waals surface area contributed by atoms with Crippen LogP contribution in [0, 0.1) is 0 Å². The normalized spacial score (nSPS) is 9.86. The van der Waals surface area contributed by atoms with Gasteiger partial charge in [0.05, 0.1) is 0 Å². The Kier molecular flexibility index (Phi) is 3.90. The minimum Gasteiger partial charge on any atom is -0.326 e. The summed E-state index contributed by atoms with van der Waals surface area (Å²) in [5.41, 5.74) is -0.431. The molecule has 1 N–H and O–H groups in total. The number of rotatable bonds is 2. The van der Waals surface area contributed by atoms with Crippen LogP contribution in [0.25, 0.3) is 0 Å². The summed E-state index contributed by atoms with van der Waals surface area (Å²) >= 11 is 10.7. The van der Waals surface area contributed by atoms with Crippen molar-refractivity contribution in [2.45, 2.75) is 19.9 Å². The highest BCUT2D eigenvalue weighted by molar-refractivity contribution is 7.32. The summed E-state index contributed by atoms with van der Waals surface area (Å²) in [7, 11) is 0. The summed E-state index contributed by atoms with van der Waals surface area (Å²) in [6.07, 6.45) is 0. The van der Waals surface area contributed by atoms with Gasteiger partial charge in [0, 0.05) is 0 Å². The van der Waals surface area contributed by atoms with Crippen LogP contribution in [0.15, 0.2) is 0 Å². The Morgan fingerprint density at radius 2 is 1.86 bits per heavy atom. The predicted octanol–water partition coefficient (Wildman–Crippen LogP) is 1.45. The second-order valence-corrected chi connectivity index (χ2v) is 2.72. The largest absolute Gasteiger partial charge is 0.432 e. The average Bonchev–Trinajstić information content (AvgIpc) is 1.27. The quantitative estimate of drug-likeness (QED) is 0.572. The topological polar surface area (TPSA) is 12.0 Å². The van der Waals surface area contributed by atoms with Crippen LogP contribution in [0.4, 0.5) is 0 Å². The molecule has 1 nitrogen and oxygen atoms in total. The zero-order chi connectivity index (χ0) is 5.86. The van der Waals surface area contributed by atoms with E-state index in [0.717, 1.165) is 0 Å². The van der Waals surface area contributed by atoms with Crippen molar-refractivity contribution in [3.63, 3.8) is 0 Å². The van der Waals surface area contributed by atoms with E-state index in [2.05, 4.69) is 5.23 Å². The lowest BCUT2D eigenvalue weighted by atomic mass is 10.3. The van der Waals surface area contributed by atoms with E-state index in [9.17, 15) is 0 Å². The maximum Gasteiger partial charge on any atom is 0.432 e. The van der Waals surface area contributed by atoms with E-state index in [4.69, 9.17) is 22.9 Å². The highest BCUT2D eigenvalue weighted by atomic mass is 35.5. The van der Waals surface area contributed by atoms with Gasteiger partial charge < -0.3 is 5.23 Å². The van der Waals surface area contributed by atoms with E-state index in [1.165, 1.54) is 0 Å². The highest BCUT2D eigenvalue weighted by Crippen LogP contribution is 1.91. The molecule has 0 amide bonds. The van der Waals surface area contributed by atoms with E-state index in [1.54, 1.807) is 0 Å². The van der Waals surface area contributed by atoms with Gasteiger partial charge in [-0.15, -0.1) is 22.9 Å². The second-order valence-electron chi connectivity index (χ2n) is 1.62. The van der Waals surface area contributed by atoms with Crippen LogP contribution < -0.4 is 5.23 Å². The summed E-state index contributed by atoms with van der Waals surface area (Å²) < 4.78 is 0. The molecule has 0 saturated carbocycles. The molecular formula is C3H8BCl2N. The Morgan fingerprint density at radius 1 is 1.43 bits per heavy atom. The summed E-state index contributed by atoms with van der Waals surface area (Å²) in [5, 5.41) is 2.84. The molecule has 0 heterocycles. The summed E-state index contributed by atoms with van der Waals surface area (Å²) in [4.78, 5) is 0. The third kappa shape index (κ3) is 6.60. The fourth-order valence-electron chi connectivity index (χ4n) is 0.252. The van der Waals surface area contributed by atoms with Crippen LogP contribution in [0.5, 0.6) is 0 Å². The molecule has 0 unspecified atom stereocenters. The SMILES string of the molecule is CC(C)NB(Cl)Cl. The Bertz CT molecular complexity index is 42.2. The number of halogens is 2. The molecule has 0 saturated heterocycles. The second kappa shape index (κ2) is 3.59. The predicted molar refractivity (Wildman–Crippen MR) is 35.7 cm³/mol. The van der Waals surface area contributed by atoms with E-state index in [-0.39, 0.29) is 0 Å². The molecule has 7 heavy (non-hydrogen) atoms. The smallest absolute Gasteiger partial charge is 0.326 e. The van der Waals surface area contributed by atoms with Gasteiger partial charge in [0.15, 0.2) is 0 Å². The number of hydrogen-bond acceptors (Lipinski definition) is 1. The maximum absolute atomic E-state index is 5.33. The molecule has 0 aliphatic heterocycles. The Morgan fingerprint density at radius 3 is 1.86 bits per heavy atom. The first-order valence-electron chi connectivity index (χ1n) is 2.17. The molecule has 0 aromatic heterocycles. The van der Waals surface area contributed by atoms with Crippen molar-refractivity contribution < 1.29 is 0 Å².